The number of pyridine rings is 1. The molecule has 0 unspecified atom stereocenters. The summed E-state index contributed by atoms with van der Waals surface area (Å²) in [7, 11) is 2.03. The Labute approximate surface area is 79.6 Å². The van der Waals surface area contributed by atoms with Crippen LogP contribution < -0.4 is 10.6 Å². The quantitative estimate of drug-likeness (QED) is 0.762. The van der Waals surface area contributed by atoms with E-state index in [2.05, 4.69) is 23.7 Å². The molecule has 0 saturated heterocycles. The minimum Gasteiger partial charge on any atom is -0.357 e. The van der Waals surface area contributed by atoms with Gasteiger partial charge in [-0.2, -0.15) is 0 Å². The Balaban J connectivity index is 2.98. The maximum absolute atomic E-state index is 5.62. The topological polar surface area (TPSA) is 42.2 Å². The van der Waals surface area contributed by atoms with Crippen molar-refractivity contribution in [3.8, 4) is 0 Å². The summed E-state index contributed by atoms with van der Waals surface area (Å²) in [6, 6.07) is 4.38. The third-order valence-corrected chi connectivity index (χ3v) is 2.20. The number of nitrogens with zero attached hydrogens (tertiary/aromatic N) is 2. The van der Waals surface area contributed by atoms with Gasteiger partial charge in [0.1, 0.15) is 5.82 Å². The number of rotatable bonds is 3. The van der Waals surface area contributed by atoms with E-state index in [0.717, 1.165) is 11.4 Å². The van der Waals surface area contributed by atoms with Crippen molar-refractivity contribution in [2.75, 3.05) is 11.9 Å². The molecule has 2 N–H and O–H groups in total. The molecule has 0 fully saturated rings. The molecule has 1 aromatic heterocycles. The molecule has 1 rings (SSSR count). The molecule has 13 heavy (non-hydrogen) atoms. The number of nitrogens with two attached hydrogens (primary N) is 1. The zero-order valence-corrected chi connectivity index (χ0v) is 8.49. The lowest BCUT2D eigenvalue weighted by molar-refractivity contribution is 0.737. The van der Waals surface area contributed by atoms with Gasteiger partial charge in [-0.3, -0.25) is 0 Å². The Morgan fingerprint density at radius 1 is 1.54 bits per heavy atom. The molecule has 0 bridgehead atoms. The van der Waals surface area contributed by atoms with Gasteiger partial charge in [0.15, 0.2) is 0 Å². The van der Waals surface area contributed by atoms with Gasteiger partial charge in [0.25, 0.3) is 0 Å². The molecule has 0 saturated carbocycles. The summed E-state index contributed by atoms with van der Waals surface area (Å²) in [4.78, 5) is 6.44. The summed E-state index contributed by atoms with van der Waals surface area (Å²) in [5, 5.41) is 0. The van der Waals surface area contributed by atoms with Gasteiger partial charge in [0.2, 0.25) is 0 Å². The van der Waals surface area contributed by atoms with Crippen molar-refractivity contribution >= 4 is 5.82 Å². The van der Waals surface area contributed by atoms with E-state index in [1.54, 1.807) is 6.20 Å². The van der Waals surface area contributed by atoms with Crippen LogP contribution in [-0.2, 0) is 6.54 Å². The summed E-state index contributed by atoms with van der Waals surface area (Å²) < 4.78 is 0. The summed E-state index contributed by atoms with van der Waals surface area (Å²) in [6.45, 7) is 4.81. The highest BCUT2D eigenvalue weighted by Crippen LogP contribution is 2.16. The SMILES string of the molecule is CC(C)N(C)c1ncccc1CN. The van der Waals surface area contributed by atoms with Crippen LogP contribution >= 0.6 is 0 Å². The second-order valence-corrected chi connectivity index (χ2v) is 3.39. The van der Waals surface area contributed by atoms with E-state index < -0.39 is 0 Å². The fourth-order valence-electron chi connectivity index (χ4n) is 1.15. The Hall–Kier alpha value is -1.09. The molecule has 0 atom stereocenters. The van der Waals surface area contributed by atoms with E-state index >= 15 is 0 Å². The zero-order chi connectivity index (χ0) is 9.84. The average molecular weight is 179 g/mol. The molecule has 1 aromatic rings. The highest BCUT2D eigenvalue weighted by atomic mass is 15.2. The van der Waals surface area contributed by atoms with E-state index in [9.17, 15) is 0 Å². The van der Waals surface area contributed by atoms with Crippen LogP contribution in [0.15, 0.2) is 18.3 Å². The smallest absolute Gasteiger partial charge is 0.132 e. The fraction of sp³-hybridized carbons (Fsp3) is 0.500. The Morgan fingerprint density at radius 3 is 2.77 bits per heavy atom. The van der Waals surface area contributed by atoms with Gasteiger partial charge >= 0.3 is 0 Å². The largest absolute Gasteiger partial charge is 0.357 e. The molecular weight excluding hydrogens is 162 g/mol. The fourth-order valence-corrected chi connectivity index (χ4v) is 1.15. The van der Waals surface area contributed by atoms with Crippen molar-refractivity contribution in [1.82, 2.24) is 4.98 Å². The number of hydrogen-bond donors (Lipinski definition) is 1. The molecule has 3 heteroatoms. The first kappa shape index (κ1) is 9.99. The monoisotopic (exact) mass is 179 g/mol. The van der Waals surface area contributed by atoms with Gasteiger partial charge in [0.05, 0.1) is 0 Å². The Bertz CT molecular complexity index is 271. The molecule has 72 valence electrons. The van der Waals surface area contributed by atoms with Crippen LogP contribution in [0.5, 0.6) is 0 Å². The molecule has 0 aliphatic rings. The van der Waals surface area contributed by atoms with Gasteiger partial charge < -0.3 is 10.6 Å². The third-order valence-electron chi connectivity index (χ3n) is 2.20. The van der Waals surface area contributed by atoms with Gasteiger partial charge in [-0.05, 0) is 19.9 Å². The molecule has 0 amide bonds. The molecular formula is C10H17N3. The Kier molecular flexibility index (Phi) is 3.25. The lowest BCUT2D eigenvalue weighted by Gasteiger charge is -2.24. The van der Waals surface area contributed by atoms with Crippen LogP contribution in [0, 0.1) is 0 Å². The number of anilines is 1. The van der Waals surface area contributed by atoms with Crippen LogP contribution in [0.2, 0.25) is 0 Å². The van der Waals surface area contributed by atoms with Crippen molar-refractivity contribution in [2.24, 2.45) is 5.73 Å². The van der Waals surface area contributed by atoms with Crippen molar-refractivity contribution in [3.63, 3.8) is 0 Å². The minimum atomic E-state index is 0.445. The molecule has 0 spiro atoms. The summed E-state index contributed by atoms with van der Waals surface area (Å²) in [5.74, 6) is 0.986. The van der Waals surface area contributed by atoms with E-state index in [1.165, 1.54) is 0 Å². The predicted octanol–water partition coefficient (Wildman–Crippen LogP) is 1.38. The summed E-state index contributed by atoms with van der Waals surface area (Å²) in [6.07, 6.45) is 1.80. The molecule has 0 radical (unpaired) electrons. The first-order valence-corrected chi connectivity index (χ1v) is 4.53. The summed E-state index contributed by atoms with van der Waals surface area (Å²) >= 11 is 0. The van der Waals surface area contributed by atoms with Gasteiger partial charge in [-0.1, -0.05) is 6.07 Å². The van der Waals surface area contributed by atoms with Crippen LogP contribution in [-0.4, -0.2) is 18.1 Å². The van der Waals surface area contributed by atoms with Gasteiger partial charge in [-0.25, -0.2) is 4.98 Å². The standard InChI is InChI=1S/C10H17N3/c1-8(2)13(3)10-9(7-11)5-4-6-12-10/h4-6,8H,7,11H2,1-3H3. The highest BCUT2D eigenvalue weighted by Gasteiger charge is 2.09. The molecule has 0 aliphatic heterocycles. The van der Waals surface area contributed by atoms with Crippen molar-refractivity contribution in [2.45, 2.75) is 26.4 Å². The average Bonchev–Trinajstić information content (AvgIpc) is 2.16. The zero-order valence-electron chi connectivity index (χ0n) is 8.49. The van der Waals surface area contributed by atoms with Crippen molar-refractivity contribution in [1.29, 1.82) is 0 Å². The Morgan fingerprint density at radius 2 is 2.23 bits per heavy atom. The van der Waals surface area contributed by atoms with E-state index in [-0.39, 0.29) is 0 Å². The van der Waals surface area contributed by atoms with E-state index in [0.29, 0.717) is 12.6 Å². The molecule has 3 nitrogen and oxygen atoms in total. The maximum Gasteiger partial charge on any atom is 0.132 e. The highest BCUT2D eigenvalue weighted by molar-refractivity contribution is 5.46. The second-order valence-electron chi connectivity index (χ2n) is 3.39. The van der Waals surface area contributed by atoms with E-state index in [4.69, 9.17) is 5.73 Å². The minimum absolute atomic E-state index is 0.445. The van der Waals surface area contributed by atoms with E-state index in [1.807, 2.05) is 19.2 Å². The van der Waals surface area contributed by atoms with Crippen LogP contribution in [0.4, 0.5) is 5.82 Å². The van der Waals surface area contributed by atoms with Gasteiger partial charge in [0, 0.05) is 31.4 Å². The maximum atomic E-state index is 5.62. The van der Waals surface area contributed by atoms with Crippen LogP contribution in [0.3, 0.4) is 0 Å². The molecule has 0 aliphatic carbocycles. The van der Waals surface area contributed by atoms with Crippen molar-refractivity contribution in [3.05, 3.63) is 23.9 Å². The number of aromatic nitrogens is 1. The first-order chi connectivity index (χ1) is 6.16. The van der Waals surface area contributed by atoms with Crippen LogP contribution in [0.1, 0.15) is 19.4 Å². The van der Waals surface area contributed by atoms with Crippen molar-refractivity contribution < 1.29 is 0 Å². The third kappa shape index (κ3) is 2.18. The molecule has 1 heterocycles. The lowest BCUT2D eigenvalue weighted by Crippen LogP contribution is -2.28. The lowest BCUT2D eigenvalue weighted by atomic mass is 10.2. The molecule has 0 aromatic carbocycles. The van der Waals surface area contributed by atoms with Crippen LogP contribution in [0.25, 0.3) is 0 Å². The first-order valence-electron chi connectivity index (χ1n) is 4.53. The van der Waals surface area contributed by atoms with Gasteiger partial charge in [-0.15, -0.1) is 0 Å². The second kappa shape index (κ2) is 4.23. The predicted molar refractivity (Wildman–Crippen MR) is 55.7 cm³/mol. The summed E-state index contributed by atoms with van der Waals surface area (Å²) in [5.41, 5.74) is 6.72. The number of hydrogen-bond acceptors (Lipinski definition) is 3. The normalized spacial score (nSPS) is 10.5.